The van der Waals surface area contributed by atoms with E-state index in [1.54, 1.807) is 9.80 Å². The predicted octanol–water partition coefficient (Wildman–Crippen LogP) is 2.27. The van der Waals surface area contributed by atoms with Crippen LogP contribution in [0.4, 0.5) is 9.59 Å². The van der Waals surface area contributed by atoms with Crippen molar-refractivity contribution in [3.8, 4) is 22.8 Å². The molecule has 3 heterocycles. The Kier molecular flexibility index (Phi) is 6.64. The van der Waals surface area contributed by atoms with E-state index in [2.05, 4.69) is 10.6 Å². The van der Waals surface area contributed by atoms with Crippen LogP contribution in [0.1, 0.15) is 0 Å². The van der Waals surface area contributed by atoms with Gasteiger partial charge in [-0.2, -0.15) is 0 Å². The summed E-state index contributed by atoms with van der Waals surface area (Å²) in [5, 5.41) is 6.58. The average Bonchev–Trinajstić information content (AvgIpc) is 2.91. The third-order valence-corrected chi connectivity index (χ3v) is 6.01. The maximum Gasteiger partial charge on any atom is 0.415 e. The minimum Gasteiger partial charge on any atom is -0.452 e. The molecule has 10 nitrogen and oxygen atoms in total. The van der Waals surface area contributed by atoms with Gasteiger partial charge in [0.15, 0.2) is 16.8 Å². The molecular weight excluding hydrogens is 452 g/mol. The van der Waals surface area contributed by atoms with Crippen LogP contribution >= 0.6 is 0 Å². The fourth-order valence-electron chi connectivity index (χ4n) is 4.10. The number of carbonyl (C=O) groups is 2. The minimum absolute atomic E-state index is 0.0119. The van der Waals surface area contributed by atoms with E-state index in [-0.39, 0.29) is 27.9 Å². The molecule has 0 atom stereocenters. The number of nitrogens with zero attached hydrogens (tertiary/aromatic N) is 2. The first kappa shape index (κ1) is 22.9. The zero-order valence-electron chi connectivity index (χ0n) is 19.1. The van der Waals surface area contributed by atoms with E-state index >= 15 is 0 Å². The minimum atomic E-state index is -0.605. The molecule has 2 saturated heterocycles. The second kappa shape index (κ2) is 10.2. The van der Waals surface area contributed by atoms with Crippen molar-refractivity contribution in [1.82, 2.24) is 20.4 Å². The number of rotatable bonds is 3. The van der Waals surface area contributed by atoms with Crippen LogP contribution in [0.25, 0.3) is 22.3 Å². The molecule has 2 N–H and O–H groups in total. The van der Waals surface area contributed by atoms with Crippen molar-refractivity contribution in [2.45, 2.75) is 0 Å². The van der Waals surface area contributed by atoms with Crippen LogP contribution in [0.5, 0.6) is 11.5 Å². The molecule has 182 valence electrons. The molecule has 0 saturated carbocycles. The third kappa shape index (κ3) is 4.98. The number of benzene rings is 2. The fraction of sp³-hybridized carbons (Fsp3) is 0.320. The number of ether oxygens (including phenoxy) is 2. The number of fused-ring (bicyclic) bond motifs is 1. The zero-order valence-corrected chi connectivity index (χ0v) is 19.1. The van der Waals surface area contributed by atoms with Gasteiger partial charge in [0.25, 0.3) is 0 Å². The smallest absolute Gasteiger partial charge is 0.415 e. The van der Waals surface area contributed by atoms with E-state index in [1.165, 1.54) is 18.2 Å². The quantitative estimate of drug-likeness (QED) is 0.590. The molecule has 2 amide bonds. The van der Waals surface area contributed by atoms with Crippen LogP contribution < -0.4 is 25.5 Å². The standard InChI is InChI=1S/C25H26N4O6/c30-19-16-21(17-4-2-1-3-5-17)33-22-18(19)6-7-20(34-24(31)28-12-8-26-9-13-28)23(22)35-25(32)29-14-10-27-11-15-29/h1-7,16,26-27H,8-15H2. The molecule has 10 heteroatoms. The van der Waals surface area contributed by atoms with Gasteiger partial charge in [-0.15, -0.1) is 0 Å². The van der Waals surface area contributed by atoms with Crippen LogP contribution in [-0.4, -0.2) is 74.3 Å². The Morgan fingerprint density at radius 2 is 1.40 bits per heavy atom. The Bertz CT molecular complexity index is 1280. The molecule has 2 aliphatic heterocycles. The van der Waals surface area contributed by atoms with E-state index in [0.717, 1.165) is 0 Å². The summed E-state index contributed by atoms with van der Waals surface area (Å²) < 4.78 is 17.5. The molecule has 1 aromatic heterocycles. The molecule has 5 rings (SSSR count). The number of carbonyl (C=O) groups excluding carboxylic acids is 2. The second-order valence-corrected chi connectivity index (χ2v) is 8.32. The van der Waals surface area contributed by atoms with Crippen molar-refractivity contribution >= 4 is 23.2 Å². The number of amides is 2. The van der Waals surface area contributed by atoms with Gasteiger partial charge in [-0.25, -0.2) is 9.59 Å². The molecule has 2 aliphatic rings. The second-order valence-electron chi connectivity index (χ2n) is 8.32. The van der Waals surface area contributed by atoms with E-state index in [9.17, 15) is 14.4 Å². The third-order valence-electron chi connectivity index (χ3n) is 6.01. The highest BCUT2D eigenvalue weighted by atomic mass is 16.6. The van der Waals surface area contributed by atoms with Crippen LogP contribution in [0.2, 0.25) is 0 Å². The molecule has 2 aromatic carbocycles. The van der Waals surface area contributed by atoms with E-state index in [1.807, 2.05) is 30.3 Å². The molecule has 2 fully saturated rings. The molecule has 3 aromatic rings. The van der Waals surface area contributed by atoms with Crippen molar-refractivity contribution in [1.29, 1.82) is 0 Å². The first-order valence-corrected chi connectivity index (χ1v) is 11.6. The highest BCUT2D eigenvalue weighted by Crippen LogP contribution is 2.37. The Morgan fingerprint density at radius 1 is 0.800 bits per heavy atom. The normalized spacial score (nSPS) is 16.2. The molecule has 0 spiro atoms. The number of nitrogens with one attached hydrogen (secondary N) is 2. The van der Waals surface area contributed by atoms with Crippen LogP contribution in [0.3, 0.4) is 0 Å². The van der Waals surface area contributed by atoms with Crippen molar-refractivity contribution in [2.75, 3.05) is 52.4 Å². The molecule has 35 heavy (non-hydrogen) atoms. The van der Waals surface area contributed by atoms with Crippen LogP contribution in [0, 0.1) is 0 Å². The van der Waals surface area contributed by atoms with Crippen molar-refractivity contribution in [3.63, 3.8) is 0 Å². The summed E-state index contributed by atoms with van der Waals surface area (Å²) in [4.78, 5) is 41.9. The highest BCUT2D eigenvalue weighted by molar-refractivity contribution is 5.90. The summed E-state index contributed by atoms with van der Waals surface area (Å²) in [7, 11) is 0. The lowest BCUT2D eigenvalue weighted by atomic mass is 10.1. The summed E-state index contributed by atoms with van der Waals surface area (Å²) in [5.74, 6) is 0.232. The lowest BCUT2D eigenvalue weighted by Gasteiger charge is -2.28. The first-order chi connectivity index (χ1) is 17.1. The molecule has 0 unspecified atom stereocenters. The van der Waals surface area contributed by atoms with Gasteiger partial charge in [0.2, 0.25) is 5.75 Å². The topological polar surface area (TPSA) is 113 Å². The average molecular weight is 479 g/mol. The Labute approximate surface area is 201 Å². The van der Waals surface area contributed by atoms with Crippen molar-refractivity contribution in [2.24, 2.45) is 0 Å². The Morgan fingerprint density at radius 3 is 2.03 bits per heavy atom. The van der Waals surface area contributed by atoms with E-state index < -0.39 is 12.2 Å². The zero-order chi connectivity index (χ0) is 24.2. The number of hydrogen-bond donors (Lipinski definition) is 2. The summed E-state index contributed by atoms with van der Waals surface area (Å²) >= 11 is 0. The largest absolute Gasteiger partial charge is 0.452 e. The lowest BCUT2D eigenvalue weighted by Crippen LogP contribution is -2.48. The van der Waals surface area contributed by atoms with E-state index in [4.69, 9.17) is 13.9 Å². The van der Waals surface area contributed by atoms with Gasteiger partial charge in [0, 0.05) is 64.0 Å². The highest BCUT2D eigenvalue weighted by Gasteiger charge is 2.26. The fourth-order valence-corrected chi connectivity index (χ4v) is 4.10. The van der Waals surface area contributed by atoms with E-state index in [0.29, 0.717) is 63.7 Å². The number of piperazine rings is 2. The summed E-state index contributed by atoms with van der Waals surface area (Å²) in [5.41, 5.74) is 0.434. The predicted molar refractivity (Wildman–Crippen MR) is 129 cm³/mol. The van der Waals surface area contributed by atoms with Crippen LogP contribution in [0.15, 0.2) is 57.7 Å². The lowest BCUT2D eigenvalue weighted by molar-refractivity contribution is 0.136. The van der Waals surface area contributed by atoms with Crippen molar-refractivity contribution < 1.29 is 23.5 Å². The monoisotopic (exact) mass is 478 g/mol. The van der Waals surface area contributed by atoms with Gasteiger partial charge < -0.3 is 34.3 Å². The molecular formula is C25H26N4O6. The van der Waals surface area contributed by atoms with Gasteiger partial charge in [-0.3, -0.25) is 4.79 Å². The summed E-state index contributed by atoms with van der Waals surface area (Å²) in [6, 6.07) is 13.5. The summed E-state index contributed by atoms with van der Waals surface area (Å²) in [6.45, 7) is 4.54. The van der Waals surface area contributed by atoms with Gasteiger partial charge in [0.05, 0.1) is 5.39 Å². The van der Waals surface area contributed by atoms with Gasteiger partial charge in [-0.1, -0.05) is 30.3 Å². The van der Waals surface area contributed by atoms with Crippen molar-refractivity contribution in [3.05, 3.63) is 58.8 Å². The first-order valence-electron chi connectivity index (χ1n) is 11.6. The van der Waals surface area contributed by atoms with Crippen LogP contribution in [-0.2, 0) is 0 Å². The molecule has 0 aliphatic carbocycles. The van der Waals surface area contributed by atoms with Gasteiger partial charge in [-0.05, 0) is 12.1 Å². The van der Waals surface area contributed by atoms with Gasteiger partial charge in [0.1, 0.15) is 5.76 Å². The Balaban J connectivity index is 1.57. The molecule has 0 radical (unpaired) electrons. The maximum atomic E-state index is 13.0. The van der Waals surface area contributed by atoms with Gasteiger partial charge >= 0.3 is 12.2 Å². The maximum absolute atomic E-state index is 13.0. The number of hydrogen-bond acceptors (Lipinski definition) is 8. The SMILES string of the molecule is O=C(Oc1ccc2c(=O)cc(-c3ccccc3)oc2c1OC(=O)N1CCNCC1)N1CCNCC1. The summed E-state index contributed by atoms with van der Waals surface area (Å²) in [6.07, 6.45) is -1.17. The Hall–Kier alpha value is -3.89. The molecule has 0 bridgehead atoms.